The average molecular weight is 357 g/mol. The molecule has 1 saturated heterocycles. The van der Waals surface area contributed by atoms with Crippen molar-refractivity contribution in [1.82, 2.24) is 15.1 Å². The second-order valence-electron chi connectivity index (χ2n) is 5.36. The first-order chi connectivity index (χ1) is 11.4. The predicted molar refractivity (Wildman–Crippen MR) is 80.9 cm³/mol. The summed E-state index contributed by atoms with van der Waals surface area (Å²) in [5.74, 6) is -0.600. The lowest BCUT2D eigenvalue weighted by atomic mass is 10.0. The molecule has 0 radical (unpaired) electrons. The Labute approximate surface area is 140 Å². The SMILES string of the molecule is O=C(c1ccccc1C(F)(F)F)N1CCC(Oc2nncs2)CC1. The van der Waals surface area contributed by atoms with E-state index in [0.29, 0.717) is 31.1 Å². The number of hydrogen-bond acceptors (Lipinski definition) is 5. The van der Waals surface area contributed by atoms with Crippen molar-refractivity contribution in [1.29, 1.82) is 0 Å². The Bertz CT molecular complexity index is 698. The summed E-state index contributed by atoms with van der Waals surface area (Å²) in [5.41, 5.74) is 0.345. The number of benzene rings is 1. The van der Waals surface area contributed by atoms with Crippen LogP contribution in [0.25, 0.3) is 0 Å². The quantitative estimate of drug-likeness (QED) is 0.846. The van der Waals surface area contributed by atoms with Crippen LogP contribution in [0.1, 0.15) is 28.8 Å². The molecule has 1 fully saturated rings. The highest BCUT2D eigenvalue weighted by atomic mass is 32.1. The lowest BCUT2D eigenvalue weighted by Crippen LogP contribution is -2.42. The Balaban J connectivity index is 1.66. The van der Waals surface area contributed by atoms with Gasteiger partial charge in [-0.3, -0.25) is 4.79 Å². The molecular formula is C15H14F3N3O2S. The predicted octanol–water partition coefficient (Wildman–Crippen LogP) is 3.24. The molecule has 128 valence electrons. The average Bonchev–Trinajstić information content (AvgIpc) is 3.07. The van der Waals surface area contributed by atoms with Crippen molar-refractivity contribution >= 4 is 17.2 Å². The molecule has 0 bridgehead atoms. The van der Waals surface area contributed by atoms with Gasteiger partial charge in [0.2, 0.25) is 0 Å². The molecule has 24 heavy (non-hydrogen) atoms. The van der Waals surface area contributed by atoms with Gasteiger partial charge in [-0.15, -0.1) is 10.2 Å². The van der Waals surface area contributed by atoms with E-state index in [4.69, 9.17) is 4.74 Å². The Hall–Kier alpha value is -2.16. The molecule has 1 aliphatic heterocycles. The van der Waals surface area contributed by atoms with E-state index in [9.17, 15) is 18.0 Å². The van der Waals surface area contributed by atoms with Crippen LogP contribution in [0.15, 0.2) is 29.8 Å². The summed E-state index contributed by atoms with van der Waals surface area (Å²) in [7, 11) is 0. The van der Waals surface area contributed by atoms with Gasteiger partial charge in [-0.05, 0) is 12.1 Å². The van der Waals surface area contributed by atoms with Gasteiger partial charge in [-0.25, -0.2) is 0 Å². The molecule has 1 aromatic carbocycles. The number of nitrogens with zero attached hydrogens (tertiary/aromatic N) is 3. The third-order valence-corrected chi connectivity index (χ3v) is 4.38. The fourth-order valence-corrected chi connectivity index (χ4v) is 3.09. The van der Waals surface area contributed by atoms with Crippen LogP contribution in [0.4, 0.5) is 13.2 Å². The zero-order valence-corrected chi connectivity index (χ0v) is 13.3. The van der Waals surface area contributed by atoms with Gasteiger partial charge < -0.3 is 9.64 Å². The Morgan fingerprint density at radius 1 is 1.25 bits per heavy atom. The summed E-state index contributed by atoms with van der Waals surface area (Å²) in [6, 6.07) is 4.86. The van der Waals surface area contributed by atoms with Crippen molar-refractivity contribution in [2.75, 3.05) is 13.1 Å². The molecule has 1 amide bonds. The molecule has 5 nitrogen and oxygen atoms in total. The van der Waals surface area contributed by atoms with Crippen LogP contribution < -0.4 is 4.74 Å². The Kier molecular flexibility index (Phi) is 4.70. The van der Waals surface area contributed by atoms with Gasteiger partial charge >= 0.3 is 6.18 Å². The first-order valence-electron chi connectivity index (χ1n) is 7.33. The number of amides is 1. The minimum absolute atomic E-state index is 0.111. The minimum atomic E-state index is -4.55. The summed E-state index contributed by atoms with van der Waals surface area (Å²) in [5, 5.41) is 7.93. The normalized spacial score (nSPS) is 16.2. The van der Waals surface area contributed by atoms with Crippen molar-refractivity contribution in [2.24, 2.45) is 0 Å². The van der Waals surface area contributed by atoms with Gasteiger partial charge in [0.05, 0.1) is 11.1 Å². The number of carbonyl (C=O) groups excluding carboxylic acids is 1. The van der Waals surface area contributed by atoms with Crippen molar-refractivity contribution in [2.45, 2.75) is 25.1 Å². The van der Waals surface area contributed by atoms with E-state index in [1.807, 2.05) is 0 Å². The number of alkyl halides is 3. The van der Waals surface area contributed by atoms with Crippen LogP contribution >= 0.6 is 11.3 Å². The fourth-order valence-electron chi connectivity index (χ4n) is 2.62. The molecule has 0 saturated carbocycles. The van der Waals surface area contributed by atoms with Crippen LogP contribution in [0.3, 0.4) is 0 Å². The van der Waals surface area contributed by atoms with Gasteiger partial charge in [0.1, 0.15) is 11.6 Å². The smallest absolute Gasteiger partial charge is 0.417 e. The first kappa shape index (κ1) is 16.7. The van der Waals surface area contributed by atoms with Crippen molar-refractivity contribution in [3.05, 3.63) is 40.9 Å². The van der Waals surface area contributed by atoms with Gasteiger partial charge in [-0.2, -0.15) is 13.2 Å². The molecule has 0 aliphatic carbocycles. The molecule has 3 rings (SSSR count). The monoisotopic (exact) mass is 357 g/mol. The summed E-state index contributed by atoms with van der Waals surface area (Å²) in [6.07, 6.45) is -3.58. The second-order valence-corrected chi connectivity index (χ2v) is 6.15. The van der Waals surface area contributed by atoms with Crippen LogP contribution in [0.2, 0.25) is 0 Å². The first-order valence-corrected chi connectivity index (χ1v) is 8.21. The number of likely N-dealkylation sites (tertiary alicyclic amines) is 1. The van der Waals surface area contributed by atoms with E-state index in [2.05, 4.69) is 10.2 Å². The number of piperidine rings is 1. The fraction of sp³-hybridized carbons (Fsp3) is 0.400. The van der Waals surface area contributed by atoms with Crippen molar-refractivity contribution in [3.63, 3.8) is 0 Å². The van der Waals surface area contributed by atoms with E-state index in [-0.39, 0.29) is 11.7 Å². The van der Waals surface area contributed by atoms with Gasteiger partial charge in [0, 0.05) is 25.9 Å². The van der Waals surface area contributed by atoms with Crippen molar-refractivity contribution < 1.29 is 22.7 Å². The minimum Gasteiger partial charge on any atom is -0.465 e. The third-order valence-electron chi connectivity index (χ3n) is 3.80. The molecule has 0 unspecified atom stereocenters. The molecular weight excluding hydrogens is 343 g/mol. The van der Waals surface area contributed by atoms with Gasteiger partial charge in [0.25, 0.3) is 11.1 Å². The number of ether oxygens (including phenoxy) is 1. The van der Waals surface area contributed by atoms with E-state index in [0.717, 1.165) is 6.07 Å². The van der Waals surface area contributed by atoms with E-state index in [1.165, 1.54) is 34.4 Å². The van der Waals surface area contributed by atoms with Crippen LogP contribution in [-0.4, -0.2) is 40.2 Å². The highest BCUT2D eigenvalue weighted by molar-refractivity contribution is 7.11. The Morgan fingerprint density at radius 3 is 2.58 bits per heavy atom. The summed E-state index contributed by atoms with van der Waals surface area (Å²) >= 11 is 1.28. The van der Waals surface area contributed by atoms with Gasteiger partial charge in [0.15, 0.2) is 0 Å². The van der Waals surface area contributed by atoms with E-state index < -0.39 is 17.6 Å². The molecule has 0 atom stereocenters. The summed E-state index contributed by atoms with van der Waals surface area (Å²) in [4.78, 5) is 13.9. The zero-order chi connectivity index (χ0) is 17.2. The topological polar surface area (TPSA) is 55.3 Å². The molecule has 1 aromatic heterocycles. The summed E-state index contributed by atoms with van der Waals surface area (Å²) < 4.78 is 44.8. The molecule has 0 spiro atoms. The molecule has 2 aromatic rings. The molecule has 1 aliphatic rings. The highest BCUT2D eigenvalue weighted by Gasteiger charge is 2.36. The highest BCUT2D eigenvalue weighted by Crippen LogP contribution is 2.32. The number of rotatable bonds is 3. The molecule has 0 N–H and O–H groups in total. The van der Waals surface area contributed by atoms with Crippen LogP contribution in [0.5, 0.6) is 5.19 Å². The number of halogens is 3. The number of aromatic nitrogens is 2. The maximum atomic E-state index is 13.0. The molecule has 9 heteroatoms. The van der Waals surface area contributed by atoms with Crippen molar-refractivity contribution in [3.8, 4) is 5.19 Å². The maximum Gasteiger partial charge on any atom is 0.417 e. The number of carbonyl (C=O) groups is 1. The Morgan fingerprint density at radius 2 is 1.96 bits per heavy atom. The number of hydrogen-bond donors (Lipinski definition) is 0. The van der Waals surface area contributed by atoms with Crippen LogP contribution in [0, 0.1) is 0 Å². The lowest BCUT2D eigenvalue weighted by Gasteiger charge is -2.32. The largest absolute Gasteiger partial charge is 0.465 e. The van der Waals surface area contributed by atoms with Gasteiger partial charge in [-0.1, -0.05) is 23.5 Å². The second kappa shape index (κ2) is 6.76. The summed E-state index contributed by atoms with van der Waals surface area (Å²) in [6.45, 7) is 0.684. The zero-order valence-electron chi connectivity index (χ0n) is 12.5. The molecule has 2 heterocycles. The maximum absolute atomic E-state index is 13.0. The standard InChI is InChI=1S/C15H14F3N3O2S/c16-15(17,18)12-4-2-1-3-11(12)13(22)21-7-5-10(6-8-21)23-14-20-19-9-24-14/h1-4,9-10H,5-8H2. The van der Waals surface area contributed by atoms with E-state index in [1.54, 1.807) is 5.51 Å². The van der Waals surface area contributed by atoms with E-state index >= 15 is 0 Å². The lowest BCUT2D eigenvalue weighted by molar-refractivity contribution is -0.138. The third kappa shape index (κ3) is 3.66. The van der Waals surface area contributed by atoms with Crippen LogP contribution in [-0.2, 0) is 6.18 Å².